The molecule has 0 aliphatic heterocycles. The molecular weight excluding hydrogens is 234 g/mol. The normalized spacial score (nSPS) is 10.3. The molecule has 0 fully saturated rings. The number of rotatable bonds is 3. The van der Waals surface area contributed by atoms with Crippen molar-refractivity contribution in [1.29, 1.82) is 0 Å². The lowest BCUT2D eigenvalue weighted by molar-refractivity contribution is 0.417. The van der Waals surface area contributed by atoms with Crippen molar-refractivity contribution >= 4 is 27.8 Å². The Hall–Kier alpha value is -1.75. The first kappa shape index (κ1) is 11.7. The van der Waals surface area contributed by atoms with Gasteiger partial charge in [-0.3, -0.25) is 0 Å². The molecule has 0 saturated heterocycles. The Morgan fingerprint density at radius 3 is 2.76 bits per heavy atom. The van der Waals surface area contributed by atoms with Gasteiger partial charge in [-0.15, -0.1) is 11.3 Å². The number of hydrogen-bond acceptors (Lipinski definition) is 5. The van der Waals surface area contributed by atoms with Crippen molar-refractivity contribution in [2.45, 2.75) is 6.92 Å². The second-order valence-electron chi connectivity index (χ2n) is 3.76. The minimum atomic E-state index is 0.639. The predicted octanol–water partition coefficient (Wildman–Crippen LogP) is 2.81. The summed E-state index contributed by atoms with van der Waals surface area (Å²) >= 11 is 1.61. The molecule has 0 radical (unpaired) electrons. The van der Waals surface area contributed by atoms with Gasteiger partial charge in [0.25, 0.3) is 0 Å². The van der Waals surface area contributed by atoms with Gasteiger partial charge in [-0.1, -0.05) is 0 Å². The van der Waals surface area contributed by atoms with Gasteiger partial charge in [0.1, 0.15) is 5.75 Å². The highest BCUT2D eigenvalue weighted by Crippen LogP contribution is 2.31. The Morgan fingerprint density at radius 1 is 1.41 bits per heavy atom. The zero-order valence-corrected chi connectivity index (χ0v) is 10.9. The average Bonchev–Trinajstić information content (AvgIpc) is 2.75. The van der Waals surface area contributed by atoms with Crippen molar-refractivity contribution in [3.05, 3.63) is 29.3 Å². The van der Waals surface area contributed by atoms with Crippen LogP contribution in [-0.2, 0) is 0 Å². The van der Waals surface area contributed by atoms with Gasteiger partial charge < -0.3 is 15.4 Å². The molecule has 0 amide bonds. The van der Waals surface area contributed by atoms with Crippen LogP contribution in [0, 0.1) is 6.92 Å². The Balaban J connectivity index is 2.34. The van der Waals surface area contributed by atoms with Gasteiger partial charge in [-0.2, -0.15) is 0 Å². The molecule has 2 N–H and O–H groups in total. The van der Waals surface area contributed by atoms with Crippen LogP contribution >= 0.6 is 11.3 Å². The standard InChI is InChI=1S/C12H15N3OS/c1-8-7-17-12(14-8)15(2)9-4-5-10(13)11(6-9)16-3/h4-7H,13H2,1-3H3. The number of hydrogen-bond donors (Lipinski definition) is 1. The van der Waals surface area contributed by atoms with Gasteiger partial charge in [0.2, 0.25) is 0 Å². The van der Waals surface area contributed by atoms with Crippen LogP contribution in [-0.4, -0.2) is 19.1 Å². The van der Waals surface area contributed by atoms with Crippen molar-refractivity contribution in [2.75, 3.05) is 24.8 Å². The number of thiazole rings is 1. The number of anilines is 3. The summed E-state index contributed by atoms with van der Waals surface area (Å²) in [6.45, 7) is 1.98. The van der Waals surface area contributed by atoms with Gasteiger partial charge in [-0.05, 0) is 19.1 Å². The first-order chi connectivity index (χ1) is 8.11. The highest BCUT2D eigenvalue weighted by Gasteiger charge is 2.09. The molecule has 2 rings (SSSR count). The van der Waals surface area contributed by atoms with Crippen LogP contribution < -0.4 is 15.4 Å². The van der Waals surface area contributed by atoms with Crippen LogP contribution in [0.1, 0.15) is 5.69 Å². The van der Waals surface area contributed by atoms with Crippen molar-refractivity contribution < 1.29 is 4.74 Å². The summed E-state index contributed by atoms with van der Waals surface area (Å²) < 4.78 is 5.21. The maximum atomic E-state index is 5.79. The number of aromatic nitrogens is 1. The third kappa shape index (κ3) is 2.34. The maximum absolute atomic E-state index is 5.79. The molecule has 1 heterocycles. The second-order valence-corrected chi connectivity index (χ2v) is 4.59. The quantitative estimate of drug-likeness (QED) is 0.850. The van der Waals surface area contributed by atoms with E-state index in [1.165, 1.54) is 0 Å². The number of nitrogens with zero attached hydrogens (tertiary/aromatic N) is 2. The van der Waals surface area contributed by atoms with E-state index in [-0.39, 0.29) is 0 Å². The molecule has 4 nitrogen and oxygen atoms in total. The first-order valence-electron chi connectivity index (χ1n) is 5.21. The van der Waals surface area contributed by atoms with E-state index in [0.29, 0.717) is 11.4 Å². The van der Waals surface area contributed by atoms with E-state index >= 15 is 0 Å². The number of benzene rings is 1. The first-order valence-corrected chi connectivity index (χ1v) is 6.09. The van der Waals surface area contributed by atoms with Crippen molar-refractivity contribution in [2.24, 2.45) is 0 Å². The molecular formula is C12H15N3OS. The minimum absolute atomic E-state index is 0.639. The molecule has 0 bridgehead atoms. The fraction of sp³-hybridized carbons (Fsp3) is 0.250. The molecule has 0 aliphatic rings. The van der Waals surface area contributed by atoms with E-state index in [9.17, 15) is 0 Å². The van der Waals surface area contributed by atoms with Gasteiger partial charge in [0, 0.05) is 24.2 Å². The Kier molecular flexibility index (Phi) is 3.19. The summed E-state index contributed by atoms with van der Waals surface area (Å²) in [5, 5.41) is 2.98. The summed E-state index contributed by atoms with van der Waals surface area (Å²) in [4.78, 5) is 6.45. The van der Waals surface area contributed by atoms with E-state index in [0.717, 1.165) is 16.5 Å². The lowest BCUT2D eigenvalue weighted by Gasteiger charge is -2.17. The maximum Gasteiger partial charge on any atom is 0.189 e. The number of nitrogens with two attached hydrogens (primary N) is 1. The smallest absolute Gasteiger partial charge is 0.189 e. The third-order valence-corrected chi connectivity index (χ3v) is 3.53. The van der Waals surface area contributed by atoms with Crippen LogP contribution in [0.4, 0.5) is 16.5 Å². The second kappa shape index (κ2) is 4.63. The van der Waals surface area contributed by atoms with Crippen molar-refractivity contribution in [3.8, 4) is 5.75 Å². The Bertz CT molecular complexity index is 524. The molecule has 2 aromatic rings. The highest BCUT2D eigenvalue weighted by atomic mass is 32.1. The molecule has 1 aromatic heterocycles. The SMILES string of the molecule is COc1cc(N(C)c2nc(C)cs2)ccc1N. The summed E-state index contributed by atoms with van der Waals surface area (Å²) in [5.41, 5.74) is 8.46. The number of ether oxygens (including phenoxy) is 1. The molecule has 5 heteroatoms. The lowest BCUT2D eigenvalue weighted by atomic mass is 10.2. The summed E-state index contributed by atoms with van der Waals surface area (Å²) in [7, 11) is 3.59. The molecule has 17 heavy (non-hydrogen) atoms. The lowest BCUT2D eigenvalue weighted by Crippen LogP contribution is -2.09. The van der Waals surface area contributed by atoms with Gasteiger partial charge >= 0.3 is 0 Å². The third-order valence-electron chi connectivity index (χ3n) is 2.50. The predicted molar refractivity (Wildman–Crippen MR) is 72.3 cm³/mol. The topological polar surface area (TPSA) is 51.4 Å². The zero-order chi connectivity index (χ0) is 12.4. The molecule has 0 atom stereocenters. The minimum Gasteiger partial charge on any atom is -0.495 e. The van der Waals surface area contributed by atoms with Crippen LogP contribution in [0.3, 0.4) is 0 Å². The molecule has 90 valence electrons. The molecule has 0 unspecified atom stereocenters. The van der Waals surface area contributed by atoms with Crippen LogP contribution in [0.5, 0.6) is 5.75 Å². The monoisotopic (exact) mass is 249 g/mol. The van der Waals surface area contributed by atoms with Crippen LogP contribution in [0.15, 0.2) is 23.6 Å². The van der Waals surface area contributed by atoms with Crippen molar-refractivity contribution in [1.82, 2.24) is 4.98 Å². The molecule has 0 aliphatic carbocycles. The number of methoxy groups -OCH3 is 1. The fourth-order valence-corrected chi connectivity index (χ4v) is 2.30. The molecule has 0 saturated carbocycles. The Morgan fingerprint density at radius 2 is 2.18 bits per heavy atom. The average molecular weight is 249 g/mol. The van der Waals surface area contributed by atoms with Crippen LogP contribution in [0.25, 0.3) is 0 Å². The zero-order valence-electron chi connectivity index (χ0n) is 10.1. The van der Waals surface area contributed by atoms with Crippen molar-refractivity contribution in [3.63, 3.8) is 0 Å². The van der Waals surface area contributed by atoms with Crippen LogP contribution in [0.2, 0.25) is 0 Å². The summed E-state index contributed by atoms with van der Waals surface area (Å²) in [5.74, 6) is 0.683. The molecule has 0 spiro atoms. The van der Waals surface area contributed by atoms with E-state index in [1.54, 1.807) is 18.4 Å². The number of nitrogen functional groups attached to an aromatic ring is 1. The van der Waals surface area contributed by atoms with Gasteiger partial charge in [-0.25, -0.2) is 4.98 Å². The van der Waals surface area contributed by atoms with Gasteiger partial charge in [0.05, 0.1) is 18.5 Å². The Labute approximate surface area is 105 Å². The highest BCUT2D eigenvalue weighted by molar-refractivity contribution is 7.13. The fourth-order valence-electron chi connectivity index (χ4n) is 1.51. The van der Waals surface area contributed by atoms with E-state index in [1.807, 2.05) is 42.5 Å². The van der Waals surface area contributed by atoms with E-state index in [2.05, 4.69) is 4.98 Å². The molecule has 1 aromatic carbocycles. The van der Waals surface area contributed by atoms with E-state index in [4.69, 9.17) is 10.5 Å². The summed E-state index contributed by atoms with van der Waals surface area (Å²) in [6.07, 6.45) is 0. The van der Waals surface area contributed by atoms with Gasteiger partial charge in [0.15, 0.2) is 5.13 Å². The van der Waals surface area contributed by atoms with E-state index < -0.39 is 0 Å². The summed E-state index contributed by atoms with van der Waals surface area (Å²) in [6, 6.07) is 5.70. The largest absolute Gasteiger partial charge is 0.495 e. The number of aryl methyl sites for hydroxylation is 1.